The Morgan fingerprint density at radius 1 is 1.15 bits per heavy atom. The molecule has 9 heteroatoms. The molecule has 26 heavy (non-hydrogen) atoms. The van der Waals surface area contributed by atoms with E-state index in [9.17, 15) is 8.42 Å². The molecule has 7 nitrogen and oxygen atoms in total. The summed E-state index contributed by atoms with van der Waals surface area (Å²) in [5.41, 5.74) is 1.80. The van der Waals surface area contributed by atoms with E-state index in [0.29, 0.717) is 5.75 Å². The van der Waals surface area contributed by atoms with Gasteiger partial charge in [0.1, 0.15) is 0 Å². The average Bonchev–Trinajstić information content (AvgIpc) is 3.01. The summed E-state index contributed by atoms with van der Waals surface area (Å²) < 4.78 is 27.6. The number of hydrogen-bond acceptors (Lipinski definition) is 6. The molecule has 0 N–H and O–H groups in total. The predicted octanol–water partition coefficient (Wildman–Crippen LogP) is 2.42. The van der Waals surface area contributed by atoms with Gasteiger partial charge in [0.05, 0.1) is 4.90 Å². The smallest absolute Gasteiger partial charge is 0.242 e. The molecule has 0 saturated carbocycles. The van der Waals surface area contributed by atoms with Crippen LogP contribution in [0.3, 0.4) is 0 Å². The molecule has 136 valence electrons. The molecule has 0 atom stereocenters. The maximum atomic E-state index is 12.3. The van der Waals surface area contributed by atoms with Crippen LogP contribution in [-0.4, -0.2) is 46.6 Å². The lowest BCUT2D eigenvalue weighted by molar-refractivity contribution is 0.520. The number of aromatic nitrogens is 4. The lowest BCUT2D eigenvalue weighted by Crippen LogP contribution is -2.22. The zero-order valence-corrected chi connectivity index (χ0v) is 16.3. The van der Waals surface area contributed by atoms with Gasteiger partial charge < -0.3 is 4.57 Å². The van der Waals surface area contributed by atoms with Crippen molar-refractivity contribution in [3.63, 3.8) is 0 Å². The quantitative estimate of drug-likeness (QED) is 0.602. The minimum Gasteiger partial charge on any atom is -0.305 e. The fourth-order valence-corrected chi connectivity index (χ4v) is 4.17. The summed E-state index contributed by atoms with van der Waals surface area (Å²) in [6.07, 6.45) is 3.46. The molecule has 0 radical (unpaired) electrons. The molecule has 0 aliphatic carbocycles. The fourth-order valence-electron chi connectivity index (χ4n) is 2.34. The number of hydrogen-bond donors (Lipinski definition) is 0. The van der Waals surface area contributed by atoms with E-state index < -0.39 is 10.0 Å². The predicted molar refractivity (Wildman–Crippen MR) is 101 cm³/mol. The molecule has 2 aromatic heterocycles. The standard InChI is InChI=1S/C17H19N5O2S2/c1-21(2)26(23,24)15-8-4-6-13(10-15)12-25-17-20-19-16(22(17)3)14-7-5-9-18-11-14/h4-11H,12H2,1-3H3. The topological polar surface area (TPSA) is 81.0 Å². The van der Waals surface area contributed by atoms with E-state index in [1.807, 2.05) is 29.8 Å². The molecule has 3 aromatic rings. The number of pyridine rings is 1. The van der Waals surface area contributed by atoms with Gasteiger partial charge in [-0.25, -0.2) is 12.7 Å². The number of nitrogens with zero attached hydrogens (tertiary/aromatic N) is 5. The van der Waals surface area contributed by atoms with Crippen LogP contribution < -0.4 is 0 Å². The van der Waals surface area contributed by atoms with Crippen molar-refractivity contribution < 1.29 is 8.42 Å². The maximum absolute atomic E-state index is 12.3. The molecule has 0 unspecified atom stereocenters. The van der Waals surface area contributed by atoms with Crippen LogP contribution in [0.25, 0.3) is 11.4 Å². The minimum atomic E-state index is -3.44. The van der Waals surface area contributed by atoms with E-state index in [1.165, 1.54) is 30.2 Å². The minimum absolute atomic E-state index is 0.287. The van der Waals surface area contributed by atoms with Crippen LogP contribution in [-0.2, 0) is 22.8 Å². The highest BCUT2D eigenvalue weighted by molar-refractivity contribution is 7.98. The summed E-state index contributed by atoms with van der Waals surface area (Å²) in [6, 6.07) is 10.7. The van der Waals surface area contributed by atoms with E-state index in [-0.39, 0.29) is 4.90 Å². The van der Waals surface area contributed by atoms with E-state index in [2.05, 4.69) is 15.2 Å². The number of benzene rings is 1. The number of thioether (sulfide) groups is 1. The van der Waals surface area contributed by atoms with E-state index in [0.717, 1.165) is 22.1 Å². The number of rotatable bonds is 6. The normalized spacial score (nSPS) is 11.8. The van der Waals surface area contributed by atoms with Crippen LogP contribution in [0, 0.1) is 0 Å². The van der Waals surface area contributed by atoms with Gasteiger partial charge in [-0.1, -0.05) is 23.9 Å². The molecule has 2 heterocycles. The van der Waals surface area contributed by atoms with Crippen molar-refractivity contribution in [3.05, 3.63) is 54.4 Å². The molecule has 3 rings (SSSR count). The highest BCUT2D eigenvalue weighted by Gasteiger charge is 2.17. The first-order chi connectivity index (χ1) is 12.4. The third-order valence-corrected chi connectivity index (χ3v) is 6.70. The van der Waals surface area contributed by atoms with Gasteiger partial charge in [0.2, 0.25) is 10.0 Å². The lowest BCUT2D eigenvalue weighted by atomic mass is 10.2. The lowest BCUT2D eigenvalue weighted by Gasteiger charge is -2.12. The summed E-state index contributed by atoms with van der Waals surface area (Å²) in [4.78, 5) is 4.39. The summed E-state index contributed by atoms with van der Waals surface area (Å²) >= 11 is 1.50. The van der Waals surface area contributed by atoms with Crippen LogP contribution >= 0.6 is 11.8 Å². The monoisotopic (exact) mass is 389 g/mol. The molecule has 0 amide bonds. The average molecular weight is 390 g/mol. The van der Waals surface area contributed by atoms with Gasteiger partial charge in [-0.3, -0.25) is 4.98 Å². The summed E-state index contributed by atoms with van der Waals surface area (Å²) in [6.45, 7) is 0. The zero-order chi connectivity index (χ0) is 18.7. The van der Waals surface area contributed by atoms with Crippen molar-refractivity contribution in [1.82, 2.24) is 24.1 Å². The first-order valence-electron chi connectivity index (χ1n) is 7.83. The van der Waals surface area contributed by atoms with Crippen molar-refractivity contribution in [2.45, 2.75) is 15.8 Å². The largest absolute Gasteiger partial charge is 0.305 e. The Hall–Kier alpha value is -2.23. The molecule has 0 spiro atoms. The first kappa shape index (κ1) is 18.6. The molecule has 0 fully saturated rings. The van der Waals surface area contributed by atoms with Gasteiger partial charge in [-0.05, 0) is 29.8 Å². The Balaban J connectivity index is 1.78. The molecule has 0 aliphatic heterocycles. The molecular formula is C17H19N5O2S2. The second-order valence-electron chi connectivity index (χ2n) is 5.83. The van der Waals surface area contributed by atoms with Crippen molar-refractivity contribution in [2.24, 2.45) is 7.05 Å². The van der Waals surface area contributed by atoms with Crippen LogP contribution in [0.1, 0.15) is 5.56 Å². The molecular weight excluding hydrogens is 370 g/mol. The van der Waals surface area contributed by atoms with Crippen molar-refractivity contribution in [1.29, 1.82) is 0 Å². The van der Waals surface area contributed by atoms with Crippen LogP contribution in [0.5, 0.6) is 0 Å². The summed E-state index contributed by atoms with van der Waals surface area (Å²) in [5, 5.41) is 9.21. The van der Waals surface area contributed by atoms with Gasteiger partial charge in [0.25, 0.3) is 0 Å². The molecule has 0 aliphatic rings. The van der Waals surface area contributed by atoms with E-state index >= 15 is 0 Å². The SMILES string of the molecule is CN(C)S(=O)(=O)c1cccc(CSc2nnc(-c3cccnc3)n2C)c1. The molecule has 0 saturated heterocycles. The third-order valence-electron chi connectivity index (χ3n) is 3.80. The summed E-state index contributed by atoms with van der Waals surface area (Å²) in [5.74, 6) is 1.33. The highest BCUT2D eigenvalue weighted by atomic mass is 32.2. The fraction of sp³-hybridized carbons (Fsp3) is 0.235. The molecule has 0 bridgehead atoms. The van der Waals surface area contributed by atoms with E-state index in [1.54, 1.807) is 30.6 Å². The Morgan fingerprint density at radius 3 is 2.65 bits per heavy atom. The van der Waals surface area contributed by atoms with Gasteiger partial charge >= 0.3 is 0 Å². The highest BCUT2D eigenvalue weighted by Crippen LogP contribution is 2.26. The zero-order valence-electron chi connectivity index (χ0n) is 14.7. The Morgan fingerprint density at radius 2 is 1.96 bits per heavy atom. The van der Waals surface area contributed by atoms with E-state index in [4.69, 9.17) is 0 Å². The first-order valence-corrected chi connectivity index (χ1v) is 10.3. The Kier molecular flexibility index (Phi) is 5.40. The van der Waals surface area contributed by atoms with Crippen LogP contribution in [0.4, 0.5) is 0 Å². The second-order valence-corrected chi connectivity index (χ2v) is 8.92. The van der Waals surface area contributed by atoms with Crippen molar-refractivity contribution in [3.8, 4) is 11.4 Å². The second kappa shape index (κ2) is 7.56. The Labute approximate surface area is 157 Å². The van der Waals surface area contributed by atoms with Crippen molar-refractivity contribution in [2.75, 3.05) is 14.1 Å². The Bertz CT molecular complexity index is 1000. The van der Waals surface area contributed by atoms with Crippen molar-refractivity contribution >= 4 is 21.8 Å². The third kappa shape index (κ3) is 3.79. The van der Waals surface area contributed by atoms with Gasteiger partial charge in [-0.2, -0.15) is 0 Å². The van der Waals surface area contributed by atoms with Gasteiger partial charge in [-0.15, -0.1) is 10.2 Å². The van der Waals surface area contributed by atoms with Crippen LogP contribution in [0.2, 0.25) is 0 Å². The molecule has 1 aromatic carbocycles. The number of sulfonamides is 1. The summed E-state index contributed by atoms with van der Waals surface area (Å²) in [7, 11) is 1.51. The van der Waals surface area contributed by atoms with Gasteiger partial charge in [0, 0.05) is 44.9 Å². The maximum Gasteiger partial charge on any atom is 0.242 e. The van der Waals surface area contributed by atoms with Gasteiger partial charge in [0.15, 0.2) is 11.0 Å². The van der Waals surface area contributed by atoms with Crippen LogP contribution in [0.15, 0.2) is 58.8 Å².